The van der Waals surface area contributed by atoms with Crippen molar-refractivity contribution in [3.05, 3.63) is 90.4 Å². The predicted molar refractivity (Wildman–Crippen MR) is 122 cm³/mol. The number of H-pyrrole nitrogens is 1. The highest BCUT2D eigenvalue weighted by Crippen LogP contribution is 2.25. The molecule has 0 atom stereocenters. The molecule has 2 heterocycles. The molecule has 0 amide bonds. The van der Waals surface area contributed by atoms with E-state index in [2.05, 4.69) is 100 Å². The lowest BCUT2D eigenvalue weighted by Gasteiger charge is -2.07. The molecule has 0 unspecified atom stereocenters. The first-order valence-corrected chi connectivity index (χ1v) is 9.88. The van der Waals surface area contributed by atoms with E-state index >= 15 is 0 Å². The fourth-order valence-corrected chi connectivity index (χ4v) is 3.74. The fourth-order valence-electron chi connectivity index (χ4n) is 3.74. The number of aromatic nitrogens is 3. The highest BCUT2D eigenvalue weighted by atomic mass is 15.1. The molecule has 0 saturated heterocycles. The molecule has 0 aliphatic rings. The first-order valence-electron chi connectivity index (χ1n) is 9.88. The van der Waals surface area contributed by atoms with Crippen LogP contribution in [0, 0.1) is 0 Å². The molecule has 0 saturated carbocycles. The second kappa shape index (κ2) is 7.32. The van der Waals surface area contributed by atoms with Crippen LogP contribution >= 0.6 is 0 Å². The normalized spacial score (nSPS) is 11.6. The van der Waals surface area contributed by atoms with E-state index in [9.17, 15) is 0 Å². The summed E-state index contributed by atoms with van der Waals surface area (Å²) in [6, 6.07) is 23.1. The predicted octanol–water partition coefficient (Wildman–Crippen LogP) is 6.11. The molecule has 0 bridgehead atoms. The molecule has 0 spiro atoms. The summed E-state index contributed by atoms with van der Waals surface area (Å²) in [6.45, 7) is 3.03. The van der Waals surface area contributed by atoms with Gasteiger partial charge in [0.1, 0.15) is 0 Å². The zero-order valence-electron chi connectivity index (χ0n) is 16.3. The van der Waals surface area contributed by atoms with Crippen LogP contribution in [0.25, 0.3) is 39.5 Å². The van der Waals surface area contributed by atoms with Crippen LogP contribution in [0.5, 0.6) is 0 Å². The van der Waals surface area contributed by atoms with Crippen LogP contribution in [0.3, 0.4) is 0 Å². The minimum atomic E-state index is 0.918. The molecule has 0 fully saturated rings. The molecular weight excluding hydrogens is 356 g/mol. The Bertz CT molecular complexity index is 1320. The Morgan fingerprint density at radius 3 is 2.69 bits per heavy atom. The third kappa shape index (κ3) is 3.29. The van der Waals surface area contributed by atoms with Crippen molar-refractivity contribution < 1.29 is 0 Å². The number of aromatic amines is 1. The number of benzene rings is 3. The maximum atomic E-state index is 4.45. The third-order valence-corrected chi connectivity index (χ3v) is 5.16. The summed E-state index contributed by atoms with van der Waals surface area (Å²) < 4.78 is 2.20. The van der Waals surface area contributed by atoms with Crippen LogP contribution in [-0.4, -0.2) is 21.3 Å². The van der Waals surface area contributed by atoms with Crippen molar-refractivity contribution >= 4 is 39.5 Å². The number of fused-ring (bicyclic) bond motifs is 2. The minimum absolute atomic E-state index is 0.918. The van der Waals surface area contributed by atoms with E-state index in [4.69, 9.17) is 0 Å². The van der Waals surface area contributed by atoms with Gasteiger partial charge in [-0.25, -0.2) is 0 Å². The van der Waals surface area contributed by atoms with Crippen molar-refractivity contribution in [2.24, 2.45) is 0 Å². The molecule has 2 N–H and O–H groups in total. The molecule has 0 radical (unpaired) electrons. The Morgan fingerprint density at radius 2 is 1.76 bits per heavy atom. The summed E-state index contributed by atoms with van der Waals surface area (Å²) in [5.74, 6) is 0. The molecule has 29 heavy (non-hydrogen) atoms. The largest absolute Gasteiger partial charge is 0.385 e. The van der Waals surface area contributed by atoms with Crippen LogP contribution in [0.2, 0.25) is 0 Å². The van der Waals surface area contributed by atoms with E-state index < -0.39 is 0 Å². The van der Waals surface area contributed by atoms with E-state index in [0.717, 1.165) is 40.1 Å². The molecule has 0 aliphatic heterocycles. The van der Waals surface area contributed by atoms with Gasteiger partial charge in [0.2, 0.25) is 0 Å². The zero-order valence-corrected chi connectivity index (χ0v) is 16.3. The topological polar surface area (TPSA) is 45.6 Å². The van der Waals surface area contributed by atoms with E-state index in [0.29, 0.717) is 0 Å². The summed E-state index contributed by atoms with van der Waals surface area (Å²) in [5.41, 5.74) is 5.44. The van der Waals surface area contributed by atoms with Crippen LogP contribution in [0.4, 0.5) is 5.69 Å². The van der Waals surface area contributed by atoms with Crippen LogP contribution < -0.4 is 5.32 Å². The average Bonchev–Trinajstić information content (AvgIpc) is 3.36. The molecule has 4 nitrogen and oxygen atoms in total. The van der Waals surface area contributed by atoms with Gasteiger partial charge in [0.05, 0.1) is 16.9 Å². The van der Waals surface area contributed by atoms with Gasteiger partial charge in [-0.1, -0.05) is 48.5 Å². The van der Waals surface area contributed by atoms with Crippen molar-refractivity contribution in [1.82, 2.24) is 14.8 Å². The lowest BCUT2D eigenvalue weighted by Crippen LogP contribution is -1.95. The molecule has 142 valence electrons. The second-order valence-corrected chi connectivity index (χ2v) is 7.09. The molecule has 0 aliphatic carbocycles. The molecule has 3 aromatic carbocycles. The number of hydrogen-bond donors (Lipinski definition) is 2. The van der Waals surface area contributed by atoms with Gasteiger partial charge in [0.15, 0.2) is 0 Å². The maximum Gasteiger partial charge on any atom is 0.0927 e. The minimum Gasteiger partial charge on any atom is -0.385 e. The molecule has 5 aromatic rings. The lowest BCUT2D eigenvalue weighted by atomic mass is 10.1. The number of rotatable bonds is 5. The van der Waals surface area contributed by atoms with Gasteiger partial charge >= 0.3 is 0 Å². The molecule has 2 aromatic heterocycles. The molecular formula is C25H22N4. The number of hydrogen-bond acceptors (Lipinski definition) is 2. The summed E-state index contributed by atoms with van der Waals surface area (Å²) in [5, 5.41) is 14.5. The van der Waals surface area contributed by atoms with Gasteiger partial charge in [-0.2, -0.15) is 5.10 Å². The van der Waals surface area contributed by atoms with Crippen LogP contribution in [0.15, 0.2) is 79.1 Å². The van der Waals surface area contributed by atoms with Crippen molar-refractivity contribution in [3.8, 4) is 5.69 Å². The monoisotopic (exact) mass is 378 g/mol. The SMILES string of the molecule is CCNc1ccc2cn(-c3ccccc3C=Cc3n[nH]c4ccccc34)cc2c1. The summed E-state index contributed by atoms with van der Waals surface area (Å²) >= 11 is 0. The maximum absolute atomic E-state index is 4.45. The molecule has 5 rings (SSSR count). The van der Waals surface area contributed by atoms with E-state index in [1.807, 2.05) is 18.2 Å². The van der Waals surface area contributed by atoms with Crippen LogP contribution in [0.1, 0.15) is 18.2 Å². The fraction of sp³-hybridized carbons (Fsp3) is 0.0800. The van der Waals surface area contributed by atoms with Crippen molar-refractivity contribution in [1.29, 1.82) is 0 Å². The highest BCUT2D eigenvalue weighted by molar-refractivity contribution is 5.90. The standard InChI is InChI=1S/C25H22N4/c1-2-26-21-13-11-19-16-29(17-20(19)15-21)25-10-6-3-7-18(25)12-14-24-22-8-4-5-9-23(22)27-28-24/h3-17,26H,2H2,1H3,(H,27,28). The van der Waals surface area contributed by atoms with Crippen molar-refractivity contribution in [2.75, 3.05) is 11.9 Å². The number of anilines is 1. The van der Waals surface area contributed by atoms with Gasteiger partial charge in [0, 0.05) is 35.4 Å². The molecule has 4 heteroatoms. The Morgan fingerprint density at radius 1 is 0.931 bits per heavy atom. The van der Waals surface area contributed by atoms with Crippen LogP contribution in [-0.2, 0) is 0 Å². The quantitative estimate of drug-likeness (QED) is 0.388. The van der Waals surface area contributed by atoms with Gasteiger partial charge in [-0.3, -0.25) is 5.10 Å². The zero-order chi connectivity index (χ0) is 19.6. The Kier molecular flexibility index (Phi) is 4.37. The first-order chi connectivity index (χ1) is 14.3. The average molecular weight is 378 g/mol. The Labute approximate surface area is 169 Å². The van der Waals surface area contributed by atoms with E-state index in [1.54, 1.807) is 0 Å². The summed E-state index contributed by atoms with van der Waals surface area (Å²) in [4.78, 5) is 0. The highest BCUT2D eigenvalue weighted by Gasteiger charge is 2.06. The third-order valence-electron chi connectivity index (χ3n) is 5.16. The summed E-state index contributed by atoms with van der Waals surface area (Å²) in [7, 11) is 0. The van der Waals surface area contributed by atoms with Crippen molar-refractivity contribution in [3.63, 3.8) is 0 Å². The van der Waals surface area contributed by atoms with Gasteiger partial charge in [-0.05, 0) is 48.2 Å². The number of para-hydroxylation sites is 2. The van der Waals surface area contributed by atoms with Gasteiger partial charge in [-0.15, -0.1) is 0 Å². The first kappa shape index (κ1) is 17.3. The van der Waals surface area contributed by atoms with Gasteiger partial charge in [0.25, 0.3) is 0 Å². The number of nitrogens with one attached hydrogen (secondary N) is 2. The van der Waals surface area contributed by atoms with Crippen molar-refractivity contribution in [2.45, 2.75) is 6.92 Å². The smallest absolute Gasteiger partial charge is 0.0927 e. The summed E-state index contributed by atoms with van der Waals surface area (Å²) in [6.07, 6.45) is 8.57. The lowest BCUT2D eigenvalue weighted by molar-refractivity contribution is 1.08. The van der Waals surface area contributed by atoms with Gasteiger partial charge < -0.3 is 9.88 Å². The number of nitrogens with zero attached hydrogens (tertiary/aromatic N) is 2. The second-order valence-electron chi connectivity index (χ2n) is 7.09. The van der Waals surface area contributed by atoms with E-state index in [-0.39, 0.29) is 0 Å². The van der Waals surface area contributed by atoms with E-state index in [1.165, 1.54) is 10.8 Å². The Balaban J connectivity index is 1.53. The Hall–Kier alpha value is -3.79.